The number of carbonyl (C=O) groups excluding carboxylic acids is 1. The van der Waals surface area contributed by atoms with Crippen LogP contribution in [0.4, 0.5) is 0 Å². The van der Waals surface area contributed by atoms with Crippen LogP contribution in [-0.4, -0.2) is 25.7 Å². The van der Waals surface area contributed by atoms with Crippen LogP contribution in [0.5, 0.6) is 0 Å². The highest BCUT2D eigenvalue weighted by molar-refractivity contribution is 5.70. The Kier molecular flexibility index (Phi) is 2.05. The van der Waals surface area contributed by atoms with E-state index in [2.05, 4.69) is 5.32 Å². The minimum Gasteiger partial charge on any atom is -0.466 e. The molecule has 2 fully saturated rings. The van der Waals surface area contributed by atoms with E-state index in [0.717, 1.165) is 24.9 Å². The maximum absolute atomic E-state index is 11.1. The van der Waals surface area contributed by atoms with Gasteiger partial charge >= 0.3 is 5.97 Å². The normalized spacial score (nSPS) is 37.6. The lowest BCUT2D eigenvalue weighted by atomic mass is 10.2. The van der Waals surface area contributed by atoms with E-state index >= 15 is 0 Å². The Morgan fingerprint density at radius 2 is 2.17 bits per heavy atom. The van der Waals surface area contributed by atoms with E-state index in [-0.39, 0.29) is 5.97 Å². The van der Waals surface area contributed by atoms with E-state index in [4.69, 9.17) is 4.74 Å². The largest absolute Gasteiger partial charge is 0.466 e. The molecule has 0 aromatic carbocycles. The molecule has 3 heteroatoms. The fraction of sp³-hybridized carbons (Fsp3) is 0.889. The van der Waals surface area contributed by atoms with Crippen molar-refractivity contribution in [2.24, 2.45) is 17.8 Å². The van der Waals surface area contributed by atoms with Crippen molar-refractivity contribution in [1.82, 2.24) is 5.32 Å². The van der Waals surface area contributed by atoms with Crippen LogP contribution in [0, 0.1) is 17.8 Å². The summed E-state index contributed by atoms with van der Waals surface area (Å²) < 4.78 is 4.90. The van der Waals surface area contributed by atoms with E-state index in [1.54, 1.807) is 0 Å². The van der Waals surface area contributed by atoms with Gasteiger partial charge in [-0.1, -0.05) is 0 Å². The van der Waals surface area contributed by atoms with Gasteiger partial charge in [0.2, 0.25) is 0 Å². The summed E-state index contributed by atoms with van der Waals surface area (Å²) in [4.78, 5) is 11.1. The third-order valence-corrected chi connectivity index (χ3v) is 2.98. The van der Waals surface area contributed by atoms with Crippen molar-refractivity contribution in [3.05, 3.63) is 0 Å². The Hall–Kier alpha value is -0.570. The number of nitrogens with one attached hydrogen (secondary N) is 1. The second kappa shape index (κ2) is 3.05. The smallest absolute Gasteiger partial charge is 0.306 e. The first kappa shape index (κ1) is 8.05. The van der Waals surface area contributed by atoms with Crippen LogP contribution in [-0.2, 0) is 9.53 Å². The zero-order valence-electron chi connectivity index (χ0n) is 7.38. The highest BCUT2D eigenvalue weighted by Crippen LogP contribution is 2.50. The molecule has 0 radical (unpaired) electrons. The number of carbonyl (C=O) groups is 1. The van der Waals surface area contributed by atoms with Gasteiger partial charge in [-0.2, -0.15) is 0 Å². The molecule has 2 unspecified atom stereocenters. The van der Waals surface area contributed by atoms with E-state index in [1.807, 2.05) is 6.92 Å². The number of esters is 1. The van der Waals surface area contributed by atoms with Crippen LogP contribution in [0.25, 0.3) is 0 Å². The molecule has 1 heterocycles. The van der Waals surface area contributed by atoms with E-state index in [9.17, 15) is 4.79 Å². The average Bonchev–Trinajstić information content (AvgIpc) is 2.51. The summed E-state index contributed by atoms with van der Waals surface area (Å²) in [6.45, 7) is 4.58. The number of hydrogen-bond donors (Lipinski definition) is 1. The SMILES string of the molecule is CCOC(=O)CC1C2CNCC21. The quantitative estimate of drug-likeness (QED) is 0.622. The van der Waals surface area contributed by atoms with Crippen LogP contribution in [0.2, 0.25) is 0 Å². The number of fused-ring (bicyclic) bond motifs is 1. The van der Waals surface area contributed by atoms with Crippen molar-refractivity contribution >= 4 is 5.97 Å². The number of rotatable bonds is 3. The predicted octanol–water partition coefficient (Wildman–Crippen LogP) is 0.405. The van der Waals surface area contributed by atoms with Gasteiger partial charge in [0.05, 0.1) is 6.61 Å². The van der Waals surface area contributed by atoms with Gasteiger partial charge in [0.1, 0.15) is 0 Å². The molecule has 0 amide bonds. The first-order valence-electron chi connectivity index (χ1n) is 4.69. The molecule has 1 saturated heterocycles. The molecule has 1 aliphatic carbocycles. The van der Waals surface area contributed by atoms with Crippen molar-refractivity contribution < 1.29 is 9.53 Å². The van der Waals surface area contributed by atoms with E-state index in [0.29, 0.717) is 18.9 Å². The third kappa shape index (κ3) is 1.33. The van der Waals surface area contributed by atoms with Crippen molar-refractivity contribution in [2.75, 3.05) is 19.7 Å². The van der Waals surface area contributed by atoms with Gasteiger partial charge in [0.25, 0.3) is 0 Å². The molecule has 0 spiro atoms. The van der Waals surface area contributed by atoms with E-state index < -0.39 is 0 Å². The monoisotopic (exact) mass is 169 g/mol. The summed E-state index contributed by atoms with van der Waals surface area (Å²) in [6, 6.07) is 0. The minimum absolute atomic E-state index is 0.0168. The van der Waals surface area contributed by atoms with Gasteiger partial charge in [-0.05, 0) is 37.8 Å². The van der Waals surface area contributed by atoms with Crippen LogP contribution < -0.4 is 5.32 Å². The fourth-order valence-electron chi connectivity index (χ4n) is 2.26. The molecule has 1 N–H and O–H groups in total. The topological polar surface area (TPSA) is 38.3 Å². The zero-order chi connectivity index (χ0) is 8.55. The number of hydrogen-bond acceptors (Lipinski definition) is 3. The maximum Gasteiger partial charge on any atom is 0.306 e. The van der Waals surface area contributed by atoms with Gasteiger partial charge in [-0.15, -0.1) is 0 Å². The average molecular weight is 169 g/mol. The first-order chi connectivity index (χ1) is 5.83. The molecule has 0 aromatic heterocycles. The van der Waals surface area contributed by atoms with Crippen LogP contribution >= 0.6 is 0 Å². The van der Waals surface area contributed by atoms with Crippen LogP contribution in [0.1, 0.15) is 13.3 Å². The molecule has 1 saturated carbocycles. The Bertz CT molecular complexity index is 183. The minimum atomic E-state index is -0.0168. The number of piperidine rings is 1. The molecular formula is C9H15NO2. The Morgan fingerprint density at radius 3 is 2.75 bits per heavy atom. The lowest BCUT2D eigenvalue weighted by Gasteiger charge is -2.03. The Labute approximate surface area is 72.5 Å². The third-order valence-electron chi connectivity index (χ3n) is 2.98. The lowest BCUT2D eigenvalue weighted by molar-refractivity contribution is -0.143. The molecular weight excluding hydrogens is 154 g/mol. The predicted molar refractivity (Wildman–Crippen MR) is 44.6 cm³/mol. The highest BCUT2D eigenvalue weighted by atomic mass is 16.5. The molecule has 2 rings (SSSR count). The summed E-state index contributed by atoms with van der Waals surface area (Å²) in [7, 11) is 0. The molecule has 0 aromatic rings. The molecule has 2 aliphatic rings. The maximum atomic E-state index is 11.1. The number of ether oxygens (including phenoxy) is 1. The molecule has 68 valence electrons. The summed E-state index contributed by atoms with van der Waals surface area (Å²) in [5.74, 6) is 2.16. The summed E-state index contributed by atoms with van der Waals surface area (Å²) in [5, 5.41) is 3.30. The van der Waals surface area contributed by atoms with Crippen molar-refractivity contribution in [3.63, 3.8) is 0 Å². The summed E-state index contributed by atoms with van der Waals surface area (Å²) in [6.07, 6.45) is 0.644. The van der Waals surface area contributed by atoms with Crippen molar-refractivity contribution in [3.8, 4) is 0 Å². The van der Waals surface area contributed by atoms with Crippen LogP contribution in [0.15, 0.2) is 0 Å². The second-order valence-electron chi connectivity index (χ2n) is 3.66. The molecule has 3 nitrogen and oxygen atoms in total. The van der Waals surface area contributed by atoms with Gasteiger partial charge in [-0.25, -0.2) is 0 Å². The fourth-order valence-corrected chi connectivity index (χ4v) is 2.26. The molecule has 2 atom stereocenters. The van der Waals surface area contributed by atoms with Crippen molar-refractivity contribution in [1.29, 1.82) is 0 Å². The standard InChI is InChI=1S/C9H15NO2/c1-2-12-9(11)3-6-7-4-10-5-8(6)7/h6-8,10H,2-5H2,1H3. The van der Waals surface area contributed by atoms with E-state index in [1.165, 1.54) is 0 Å². The van der Waals surface area contributed by atoms with Gasteiger partial charge < -0.3 is 10.1 Å². The Morgan fingerprint density at radius 1 is 1.50 bits per heavy atom. The molecule has 0 bridgehead atoms. The zero-order valence-corrected chi connectivity index (χ0v) is 7.38. The van der Waals surface area contributed by atoms with Gasteiger partial charge in [0, 0.05) is 6.42 Å². The van der Waals surface area contributed by atoms with Gasteiger partial charge in [0.15, 0.2) is 0 Å². The van der Waals surface area contributed by atoms with Crippen LogP contribution in [0.3, 0.4) is 0 Å². The van der Waals surface area contributed by atoms with Gasteiger partial charge in [-0.3, -0.25) is 4.79 Å². The Balaban J connectivity index is 1.72. The molecule has 1 aliphatic heterocycles. The first-order valence-corrected chi connectivity index (χ1v) is 4.69. The lowest BCUT2D eigenvalue weighted by Crippen LogP contribution is -2.16. The summed E-state index contributed by atoms with van der Waals surface area (Å²) >= 11 is 0. The second-order valence-corrected chi connectivity index (χ2v) is 3.66. The van der Waals surface area contributed by atoms with Crippen molar-refractivity contribution in [2.45, 2.75) is 13.3 Å². The highest BCUT2D eigenvalue weighted by Gasteiger charge is 2.53. The summed E-state index contributed by atoms with van der Waals surface area (Å²) in [5.41, 5.74) is 0. The molecule has 12 heavy (non-hydrogen) atoms.